The smallest absolute Gasteiger partial charge is 0.244 e. The van der Waals surface area contributed by atoms with Gasteiger partial charge < -0.3 is 15.3 Å². The summed E-state index contributed by atoms with van der Waals surface area (Å²) in [5, 5.41) is 12.8. The lowest BCUT2D eigenvalue weighted by atomic mass is 9.96. The van der Waals surface area contributed by atoms with Crippen molar-refractivity contribution < 1.29 is 9.90 Å². The molecule has 1 aromatic heterocycles. The van der Waals surface area contributed by atoms with Crippen LogP contribution in [0.3, 0.4) is 0 Å². The molecule has 1 saturated heterocycles. The first kappa shape index (κ1) is 25.6. The molecule has 0 bridgehead atoms. The highest BCUT2D eigenvalue weighted by atomic mass is 16.3. The predicted molar refractivity (Wildman–Crippen MR) is 145 cm³/mol. The van der Waals surface area contributed by atoms with E-state index in [4.69, 9.17) is 0 Å². The lowest BCUT2D eigenvalue weighted by Crippen LogP contribution is -2.48. The number of benzene rings is 2. The van der Waals surface area contributed by atoms with Crippen LogP contribution < -0.4 is 5.32 Å². The summed E-state index contributed by atoms with van der Waals surface area (Å²) in [6, 6.07) is 21.8. The number of aromatic hydroxyl groups is 1. The van der Waals surface area contributed by atoms with Gasteiger partial charge in [0, 0.05) is 55.6 Å². The van der Waals surface area contributed by atoms with E-state index in [1.165, 1.54) is 23.4 Å². The number of nitrogens with zero attached hydrogens (tertiary/aromatic N) is 3. The Balaban J connectivity index is 1.23. The lowest BCUT2D eigenvalue weighted by molar-refractivity contribution is -0.116. The molecule has 0 atom stereocenters. The first-order valence-electron chi connectivity index (χ1n) is 12.7. The van der Waals surface area contributed by atoms with Crippen molar-refractivity contribution >= 4 is 12.0 Å². The molecule has 1 amide bonds. The van der Waals surface area contributed by atoms with E-state index < -0.39 is 0 Å². The summed E-state index contributed by atoms with van der Waals surface area (Å²) < 4.78 is 0. The van der Waals surface area contributed by atoms with Gasteiger partial charge in [-0.05, 0) is 44.0 Å². The molecule has 1 fully saturated rings. The number of aromatic nitrogens is 1. The maximum Gasteiger partial charge on any atom is 0.244 e. The second-order valence-corrected chi connectivity index (χ2v) is 9.35. The zero-order valence-electron chi connectivity index (χ0n) is 21.2. The average molecular weight is 485 g/mol. The fourth-order valence-corrected chi connectivity index (χ4v) is 4.84. The number of hydrogen-bond acceptors (Lipinski definition) is 5. The average Bonchev–Trinajstić information content (AvgIpc) is 2.91. The Labute approximate surface area is 214 Å². The number of aryl methyl sites for hydroxylation is 1. The summed E-state index contributed by atoms with van der Waals surface area (Å²) in [7, 11) is 0. The third-order valence-corrected chi connectivity index (χ3v) is 6.91. The number of nitrogens with one attached hydrogen (secondary N) is 1. The molecule has 2 N–H and O–H groups in total. The van der Waals surface area contributed by atoms with Gasteiger partial charge in [0.15, 0.2) is 0 Å². The van der Waals surface area contributed by atoms with Crippen molar-refractivity contribution in [1.29, 1.82) is 0 Å². The van der Waals surface area contributed by atoms with Gasteiger partial charge in [0.1, 0.15) is 5.75 Å². The number of carbonyl (C=O) groups is 1. The first-order valence-corrected chi connectivity index (χ1v) is 12.7. The Hall–Kier alpha value is -3.48. The van der Waals surface area contributed by atoms with Gasteiger partial charge in [-0.25, -0.2) is 0 Å². The van der Waals surface area contributed by atoms with Gasteiger partial charge in [-0.1, -0.05) is 60.7 Å². The molecule has 1 aliphatic heterocycles. The molecule has 0 spiro atoms. The van der Waals surface area contributed by atoms with Crippen LogP contribution >= 0.6 is 0 Å². The molecule has 1 aliphatic rings. The highest BCUT2D eigenvalue weighted by molar-refractivity contribution is 5.92. The van der Waals surface area contributed by atoms with Gasteiger partial charge in [0.05, 0.1) is 12.2 Å². The Morgan fingerprint density at radius 2 is 1.61 bits per heavy atom. The van der Waals surface area contributed by atoms with Crippen LogP contribution in [0.2, 0.25) is 0 Å². The van der Waals surface area contributed by atoms with Crippen LogP contribution in [0.4, 0.5) is 0 Å². The van der Waals surface area contributed by atoms with Gasteiger partial charge in [-0.15, -0.1) is 0 Å². The molecule has 188 valence electrons. The second-order valence-electron chi connectivity index (χ2n) is 9.35. The van der Waals surface area contributed by atoms with Crippen LogP contribution in [0.25, 0.3) is 6.08 Å². The molecular formula is C30H36N4O2. The molecule has 6 nitrogen and oxygen atoms in total. The van der Waals surface area contributed by atoms with Crippen molar-refractivity contribution in [1.82, 2.24) is 20.1 Å². The predicted octanol–water partition coefficient (Wildman–Crippen LogP) is 4.33. The quantitative estimate of drug-likeness (QED) is 0.350. The molecular weight excluding hydrogens is 448 g/mol. The summed E-state index contributed by atoms with van der Waals surface area (Å²) in [5.74, 6) is 0.00939. The third kappa shape index (κ3) is 6.59. The van der Waals surface area contributed by atoms with E-state index in [0.717, 1.165) is 56.0 Å². The van der Waals surface area contributed by atoms with Gasteiger partial charge in [0.2, 0.25) is 5.91 Å². The number of piperazine rings is 1. The zero-order valence-corrected chi connectivity index (χ0v) is 21.2. The van der Waals surface area contributed by atoms with E-state index in [1.807, 2.05) is 13.8 Å². The monoisotopic (exact) mass is 484 g/mol. The Morgan fingerprint density at radius 1 is 1.00 bits per heavy atom. The molecule has 0 saturated carbocycles. The summed E-state index contributed by atoms with van der Waals surface area (Å²) in [6.07, 6.45) is 5.59. The largest absolute Gasteiger partial charge is 0.506 e. The van der Waals surface area contributed by atoms with Gasteiger partial charge in [-0.3, -0.25) is 14.7 Å². The molecule has 2 heterocycles. The maximum atomic E-state index is 12.3. The Morgan fingerprint density at radius 3 is 2.22 bits per heavy atom. The van der Waals surface area contributed by atoms with E-state index >= 15 is 0 Å². The van der Waals surface area contributed by atoms with Crippen LogP contribution in [0.5, 0.6) is 5.75 Å². The van der Waals surface area contributed by atoms with E-state index in [9.17, 15) is 9.90 Å². The zero-order chi connectivity index (χ0) is 25.3. The maximum absolute atomic E-state index is 12.3. The van der Waals surface area contributed by atoms with Gasteiger partial charge >= 0.3 is 0 Å². The number of pyridine rings is 1. The van der Waals surface area contributed by atoms with E-state index in [0.29, 0.717) is 6.54 Å². The topological polar surface area (TPSA) is 68.7 Å². The van der Waals surface area contributed by atoms with Crippen molar-refractivity contribution in [3.8, 4) is 5.75 Å². The normalized spacial score (nSPS) is 15.0. The number of rotatable bonds is 9. The Kier molecular flexibility index (Phi) is 8.87. The molecule has 0 unspecified atom stereocenters. The van der Waals surface area contributed by atoms with E-state index in [1.54, 1.807) is 6.08 Å². The highest BCUT2D eigenvalue weighted by Crippen LogP contribution is 2.29. The molecule has 0 aliphatic carbocycles. The van der Waals surface area contributed by atoms with Crippen molar-refractivity contribution in [2.75, 3.05) is 39.3 Å². The van der Waals surface area contributed by atoms with Crippen LogP contribution in [0, 0.1) is 13.8 Å². The number of amides is 1. The van der Waals surface area contributed by atoms with E-state index in [-0.39, 0.29) is 17.7 Å². The standard InChI is InChI=1S/C30H36N4O2/c1-23-27(24(2)32-22-28(23)35)14-15-29(36)31-16-9-17-33-18-20-34(21-19-33)30(25-10-5-3-6-11-25)26-12-7-4-8-13-26/h3-8,10-15,22,30,35H,9,16-21H2,1-2H3,(H,31,36). The fourth-order valence-electron chi connectivity index (χ4n) is 4.84. The summed E-state index contributed by atoms with van der Waals surface area (Å²) in [6.45, 7) is 9.36. The van der Waals surface area contributed by atoms with Crippen LogP contribution in [-0.4, -0.2) is 65.1 Å². The van der Waals surface area contributed by atoms with Gasteiger partial charge in [-0.2, -0.15) is 0 Å². The highest BCUT2D eigenvalue weighted by Gasteiger charge is 2.26. The number of hydrogen-bond donors (Lipinski definition) is 2. The molecule has 6 heteroatoms. The summed E-state index contributed by atoms with van der Waals surface area (Å²) in [4.78, 5) is 21.5. The van der Waals surface area contributed by atoms with E-state index in [2.05, 4.69) is 80.8 Å². The minimum Gasteiger partial charge on any atom is -0.506 e. The minimum atomic E-state index is -0.129. The van der Waals surface area contributed by atoms with Crippen LogP contribution in [0.15, 0.2) is 72.9 Å². The van der Waals surface area contributed by atoms with Crippen molar-refractivity contribution in [2.45, 2.75) is 26.3 Å². The molecule has 0 radical (unpaired) electrons. The Bertz CT molecular complexity index is 1120. The number of carbonyl (C=O) groups excluding carboxylic acids is 1. The lowest BCUT2D eigenvalue weighted by Gasteiger charge is -2.39. The van der Waals surface area contributed by atoms with Crippen LogP contribution in [0.1, 0.15) is 40.4 Å². The molecule has 2 aromatic carbocycles. The van der Waals surface area contributed by atoms with Crippen molar-refractivity contribution in [3.05, 3.63) is 101 Å². The summed E-state index contributed by atoms with van der Waals surface area (Å²) in [5.41, 5.74) is 4.97. The molecule has 36 heavy (non-hydrogen) atoms. The van der Waals surface area contributed by atoms with Crippen molar-refractivity contribution in [3.63, 3.8) is 0 Å². The minimum absolute atomic E-state index is 0.129. The first-order chi connectivity index (χ1) is 17.5. The molecule has 4 rings (SSSR count). The second kappa shape index (κ2) is 12.5. The fraction of sp³-hybridized carbons (Fsp3) is 0.333. The SMILES string of the molecule is Cc1ncc(O)c(C)c1C=CC(=O)NCCCN1CCN(C(c2ccccc2)c2ccccc2)CC1. The van der Waals surface area contributed by atoms with Crippen LogP contribution in [-0.2, 0) is 4.79 Å². The van der Waals surface area contributed by atoms with Crippen molar-refractivity contribution in [2.24, 2.45) is 0 Å². The third-order valence-electron chi connectivity index (χ3n) is 6.91. The summed E-state index contributed by atoms with van der Waals surface area (Å²) >= 11 is 0. The molecule has 3 aromatic rings. The van der Waals surface area contributed by atoms with Gasteiger partial charge in [0.25, 0.3) is 0 Å².